The maximum absolute atomic E-state index is 6.58. The molecule has 5 heterocycles. The molecule has 0 fully saturated rings. The molecule has 0 atom stereocenters. The molecule has 0 saturated heterocycles. The fourth-order valence-electron chi connectivity index (χ4n) is 6.57. The molecule has 10 aromatic rings. The molecule has 0 spiro atoms. The Hall–Kier alpha value is -5.49. The normalized spacial score (nSPS) is 12.6. The lowest BCUT2D eigenvalue weighted by molar-refractivity contribution is 0.670. The number of fused-ring (bicyclic) bond motifs is 14. The van der Waals surface area contributed by atoms with Gasteiger partial charge in [-0.3, -0.25) is 0 Å². The molecule has 0 bridgehead atoms. The van der Waals surface area contributed by atoms with Crippen molar-refractivity contribution in [3.8, 4) is 11.4 Å². The smallest absolute Gasteiger partial charge is 0.162 e. The molecule has 6 nitrogen and oxygen atoms in total. The van der Waals surface area contributed by atoms with E-state index in [2.05, 4.69) is 80.0 Å². The highest BCUT2D eigenvalue weighted by Gasteiger charge is 2.25. The van der Waals surface area contributed by atoms with Gasteiger partial charge in [0, 0.05) is 48.7 Å². The maximum atomic E-state index is 6.58. The van der Waals surface area contributed by atoms with Gasteiger partial charge < -0.3 is 13.2 Å². The zero-order chi connectivity index (χ0) is 25.2. The Balaban J connectivity index is 1.52. The predicted octanol–water partition coefficient (Wildman–Crippen LogP) is 8.49. The van der Waals surface area contributed by atoms with Gasteiger partial charge in [0.05, 0.1) is 16.6 Å². The lowest BCUT2D eigenvalue weighted by Crippen LogP contribution is -1.88. The summed E-state index contributed by atoms with van der Waals surface area (Å²) in [6.45, 7) is 0. The Morgan fingerprint density at radius 3 is 1.56 bits per heavy atom. The van der Waals surface area contributed by atoms with Crippen molar-refractivity contribution in [2.75, 3.05) is 0 Å². The highest BCUT2D eigenvalue weighted by atomic mass is 16.3. The third-order valence-electron chi connectivity index (χ3n) is 8.15. The van der Waals surface area contributed by atoms with Gasteiger partial charge in [0.15, 0.2) is 17.0 Å². The number of para-hydroxylation sites is 2. The second-order valence-corrected chi connectivity index (χ2v) is 10.1. The molecule has 39 heavy (non-hydrogen) atoms. The van der Waals surface area contributed by atoms with Crippen LogP contribution in [0.25, 0.3) is 93.4 Å². The van der Waals surface area contributed by atoms with E-state index in [1.165, 1.54) is 0 Å². The number of benzene rings is 5. The number of hydrogen-bond donors (Lipinski definition) is 0. The number of furan rings is 2. The Kier molecular flexibility index (Phi) is 3.36. The van der Waals surface area contributed by atoms with Gasteiger partial charge in [-0.15, -0.1) is 0 Å². The fraction of sp³-hybridized carbons (Fsp3) is 0. The van der Waals surface area contributed by atoms with Crippen LogP contribution in [-0.4, -0.2) is 19.4 Å². The summed E-state index contributed by atoms with van der Waals surface area (Å²) < 4.78 is 15.5. The molecule has 180 valence electrons. The number of nitrogens with zero attached hydrogens (tertiary/aromatic N) is 4. The minimum absolute atomic E-state index is 0.645. The van der Waals surface area contributed by atoms with Gasteiger partial charge in [-0.25, -0.2) is 15.0 Å². The van der Waals surface area contributed by atoms with E-state index in [0.29, 0.717) is 5.82 Å². The van der Waals surface area contributed by atoms with E-state index in [1.54, 1.807) is 12.7 Å². The summed E-state index contributed by atoms with van der Waals surface area (Å²) in [5.74, 6) is 0.645. The summed E-state index contributed by atoms with van der Waals surface area (Å²) in [6.07, 6.45) is 3.08. The fourth-order valence-corrected chi connectivity index (χ4v) is 6.57. The highest BCUT2D eigenvalue weighted by molar-refractivity contribution is 6.31. The van der Waals surface area contributed by atoms with Crippen molar-refractivity contribution in [3.63, 3.8) is 0 Å². The van der Waals surface area contributed by atoms with Crippen LogP contribution in [0.5, 0.6) is 0 Å². The standard InChI is InChI=1S/C33H16N4O2/c1-3-7-26-18(5-1)22-11-9-20-24-13-17(33-35-15-34-16-36-33)14-25-21-10-12-23-19-6-2-4-8-27(19)39-32(23)30(21)37(28(24)25)29(20)31(22)38-26/h1-16H. The summed E-state index contributed by atoms with van der Waals surface area (Å²) in [7, 11) is 0. The number of rotatable bonds is 1. The molecule has 5 aromatic heterocycles. The molecule has 0 amide bonds. The summed E-state index contributed by atoms with van der Waals surface area (Å²) in [5, 5.41) is 8.90. The van der Waals surface area contributed by atoms with Gasteiger partial charge in [-0.2, -0.15) is 0 Å². The lowest BCUT2D eigenvalue weighted by Gasteiger charge is -2.02. The van der Waals surface area contributed by atoms with E-state index in [9.17, 15) is 0 Å². The molecule has 5 aromatic carbocycles. The van der Waals surface area contributed by atoms with Crippen LogP contribution in [0, 0.1) is 0 Å². The van der Waals surface area contributed by atoms with Crippen molar-refractivity contribution in [2.45, 2.75) is 0 Å². The van der Waals surface area contributed by atoms with Crippen LogP contribution in [0.3, 0.4) is 0 Å². The average Bonchev–Trinajstić information content (AvgIpc) is 3.73. The molecule has 0 aliphatic rings. The van der Waals surface area contributed by atoms with E-state index in [1.807, 2.05) is 24.3 Å². The third-order valence-corrected chi connectivity index (χ3v) is 8.15. The van der Waals surface area contributed by atoms with E-state index < -0.39 is 0 Å². The van der Waals surface area contributed by atoms with Gasteiger partial charge in [-0.1, -0.05) is 48.5 Å². The highest BCUT2D eigenvalue weighted by Crippen LogP contribution is 2.47. The van der Waals surface area contributed by atoms with E-state index in [4.69, 9.17) is 8.83 Å². The SMILES string of the molecule is c1ccc2c(c1)oc1c2ccc2c3cc(-c4ncncn4)cc4c5ccc6c7ccccc7oc6c5n(c34)c21. The first-order chi connectivity index (χ1) is 19.3. The molecule has 0 aliphatic carbocycles. The molecule has 0 saturated carbocycles. The first-order valence-corrected chi connectivity index (χ1v) is 12.8. The van der Waals surface area contributed by atoms with Gasteiger partial charge in [-0.05, 0) is 36.4 Å². The van der Waals surface area contributed by atoms with Crippen LogP contribution < -0.4 is 0 Å². The van der Waals surface area contributed by atoms with Crippen LogP contribution in [-0.2, 0) is 0 Å². The van der Waals surface area contributed by atoms with Crippen molar-refractivity contribution in [1.29, 1.82) is 0 Å². The Labute approximate surface area is 219 Å². The number of hydrogen-bond acceptors (Lipinski definition) is 5. The predicted molar refractivity (Wildman–Crippen MR) is 154 cm³/mol. The van der Waals surface area contributed by atoms with Crippen molar-refractivity contribution in [3.05, 3.63) is 97.6 Å². The third kappa shape index (κ3) is 2.31. The van der Waals surface area contributed by atoms with Crippen molar-refractivity contribution in [1.82, 2.24) is 19.4 Å². The second kappa shape index (κ2) is 6.68. The minimum atomic E-state index is 0.645. The lowest BCUT2D eigenvalue weighted by atomic mass is 10.0. The molecule has 6 heteroatoms. The van der Waals surface area contributed by atoms with Crippen LogP contribution >= 0.6 is 0 Å². The molecular formula is C33H16N4O2. The zero-order valence-electron chi connectivity index (χ0n) is 20.3. The van der Waals surface area contributed by atoms with Crippen molar-refractivity contribution in [2.24, 2.45) is 0 Å². The topological polar surface area (TPSA) is 69.4 Å². The minimum Gasteiger partial charge on any atom is -0.454 e. The first kappa shape index (κ1) is 19.6. The largest absolute Gasteiger partial charge is 0.454 e. The van der Waals surface area contributed by atoms with Crippen LogP contribution in [0.1, 0.15) is 0 Å². The molecule has 0 unspecified atom stereocenters. The molecule has 0 radical (unpaired) electrons. The number of aromatic nitrogens is 4. The molecule has 0 N–H and O–H groups in total. The van der Waals surface area contributed by atoms with Gasteiger partial charge >= 0.3 is 0 Å². The Morgan fingerprint density at radius 1 is 0.487 bits per heavy atom. The summed E-state index contributed by atoms with van der Waals surface area (Å²) in [4.78, 5) is 12.9. The monoisotopic (exact) mass is 500 g/mol. The Morgan fingerprint density at radius 2 is 1.00 bits per heavy atom. The van der Waals surface area contributed by atoms with Gasteiger partial charge in [0.2, 0.25) is 0 Å². The maximum Gasteiger partial charge on any atom is 0.162 e. The van der Waals surface area contributed by atoms with Crippen molar-refractivity contribution < 1.29 is 8.83 Å². The van der Waals surface area contributed by atoms with Crippen molar-refractivity contribution >= 4 is 82.0 Å². The summed E-state index contributed by atoms with van der Waals surface area (Å²) in [5.41, 5.74) is 7.67. The van der Waals surface area contributed by atoms with Crippen LogP contribution in [0.15, 0.2) is 106 Å². The molecule has 0 aliphatic heterocycles. The van der Waals surface area contributed by atoms with Gasteiger partial charge in [0.1, 0.15) is 23.8 Å². The quantitative estimate of drug-likeness (QED) is 0.226. The van der Waals surface area contributed by atoms with Gasteiger partial charge in [0.25, 0.3) is 0 Å². The summed E-state index contributed by atoms with van der Waals surface area (Å²) >= 11 is 0. The zero-order valence-corrected chi connectivity index (χ0v) is 20.3. The summed E-state index contributed by atoms with van der Waals surface area (Å²) in [6, 6.07) is 29.6. The Bertz CT molecular complexity index is 2450. The van der Waals surface area contributed by atoms with E-state index in [-0.39, 0.29) is 0 Å². The first-order valence-electron chi connectivity index (χ1n) is 12.8. The average molecular weight is 501 g/mol. The van der Waals surface area contributed by atoms with Crippen LogP contribution in [0.4, 0.5) is 0 Å². The van der Waals surface area contributed by atoms with E-state index in [0.717, 1.165) is 87.5 Å². The van der Waals surface area contributed by atoms with E-state index >= 15 is 0 Å². The molecular weight excluding hydrogens is 484 g/mol. The second-order valence-electron chi connectivity index (χ2n) is 10.1. The van der Waals surface area contributed by atoms with Crippen LogP contribution in [0.2, 0.25) is 0 Å². The molecule has 10 rings (SSSR count).